The summed E-state index contributed by atoms with van der Waals surface area (Å²) < 4.78 is 0. The van der Waals surface area contributed by atoms with Crippen LogP contribution in [0.25, 0.3) is 0 Å². The van der Waals surface area contributed by atoms with Crippen molar-refractivity contribution in [3.05, 3.63) is 59.1 Å². The van der Waals surface area contributed by atoms with E-state index in [1.54, 1.807) is 30.0 Å². The average molecular weight is 293 g/mol. The Hall–Kier alpha value is -1.65. The molecule has 0 radical (unpaired) electrons. The second kappa shape index (κ2) is 6.50. The van der Waals surface area contributed by atoms with Crippen molar-refractivity contribution in [2.45, 2.75) is 4.90 Å². The summed E-state index contributed by atoms with van der Waals surface area (Å²) in [4.78, 5) is 12.9. The van der Waals surface area contributed by atoms with E-state index in [2.05, 4.69) is 10.9 Å². The Labute approximate surface area is 121 Å². The molecule has 0 aliphatic carbocycles. The lowest BCUT2D eigenvalue weighted by Gasteiger charge is -2.10. The van der Waals surface area contributed by atoms with Gasteiger partial charge < -0.3 is 0 Å². The molecule has 0 saturated carbocycles. The van der Waals surface area contributed by atoms with Gasteiger partial charge in [-0.3, -0.25) is 15.6 Å². The molecule has 0 unspecified atom stereocenters. The van der Waals surface area contributed by atoms with Gasteiger partial charge in [-0.25, -0.2) is 0 Å². The van der Waals surface area contributed by atoms with Crippen molar-refractivity contribution < 1.29 is 4.79 Å². The molecule has 0 aromatic heterocycles. The highest BCUT2D eigenvalue weighted by molar-refractivity contribution is 7.98. The predicted molar refractivity (Wildman–Crippen MR) is 80.8 cm³/mol. The van der Waals surface area contributed by atoms with Crippen molar-refractivity contribution in [2.75, 3.05) is 11.7 Å². The largest absolute Gasteiger partial charge is 0.298 e. The molecule has 0 fully saturated rings. The number of nitrogens with one attached hydrogen (secondary N) is 2. The molecule has 5 heteroatoms. The highest BCUT2D eigenvalue weighted by atomic mass is 35.5. The lowest BCUT2D eigenvalue weighted by Crippen LogP contribution is -2.29. The molecule has 98 valence electrons. The molecule has 0 spiro atoms. The van der Waals surface area contributed by atoms with Crippen LogP contribution in [0.3, 0.4) is 0 Å². The van der Waals surface area contributed by atoms with Crippen molar-refractivity contribution >= 4 is 35.0 Å². The summed E-state index contributed by atoms with van der Waals surface area (Å²) in [5, 5.41) is 0.628. The molecule has 0 atom stereocenters. The van der Waals surface area contributed by atoms with Crippen LogP contribution >= 0.6 is 23.4 Å². The number of halogens is 1. The van der Waals surface area contributed by atoms with Gasteiger partial charge in [0.1, 0.15) is 0 Å². The maximum atomic E-state index is 11.8. The van der Waals surface area contributed by atoms with E-state index < -0.39 is 0 Å². The van der Waals surface area contributed by atoms with Crippen LogP contribution in [0.1, 0.15) is 10.4 Å². The second-order valence-corrected chi connectivity index (χ2v) is 5.14. The van der Waals surface area contributed by atoms with Crippen molar-refractivity contribution in [3.63, 3.8) is 0 Å². The summed E-state index contributed by atoms with van der Waals surface area (Å²) in [6.07, 6.45) is 1.97. The molecule has 2 N–H and O–H groups in total. The number of thioether (sulfide) groups is 1. The molecule has 0 bridgehead atoms. The van der Waals surface area contributed by atoms with Crippen LogP contribution in [-0.4, -0.2) is 12.2 Å². The normalized spacial score (nSPS) is 10.0. The van der Waals surface area contributed by atoms with Gasteiger partial charge in [-0.2, -0.15) is 0 Å². The maximum absolute atomic E-state index is 11.8. The van der Waals surface area contributed by atoms with E-state index in [4.69, 9.17) is 11.6 Å². The number of carbonyl (C=O) groups excluding carboxylic acids is 1. The number of benzene rings is 2. The molecular weight excluding hydrogens is 280 g/mol. The van der Waals surface area contributed by atoms with Crippen molar-refractivity contribution in [3.8, 4) is 0 Å². The second-order valence-electron chi connectivity index (χ2n) is 3.82. The van der Waals surface area contributed by atoms with Crippen molar-refractivity contribution in [2.24, 2.45) is 0 Å². The Balaban J connectivity index is 2.03. The van der Waals surface area contributed by atoms with E-state index in [0.717, 1.165) is 10.6 Å². The fourth-order valence-corrected chi connectivity index (χ4v) is 2.33. The maximum Gasteiger partial charge on any atom is 0.269 e. The lowest BCUT2D eigenvalue weighted by atomic mass is 10.2. The predicted octanol–water partition coefficient (Wildman–Crippen LogP) is 3.82. The van der Waals surface area contributed by atoms with E-state index in [-0.39, 0.29) is 5.91 Å². The summed E-state index contributed by atoms with van der Waals surface area (Å²) in [6, 6.07) is 14.6. The summed E-state index contributed by atoms with van der Waals surface area (Å²) in [5.41, 5.74) is 6.85. The lowest BCUT2D eigenvalue weighted by molar-refractivity contribution is 0.0962. The molecule has 2 aromatic carbocycles. The van der Waals surface area contributed by atoms with Gasteiger partial charge in [0, 0.05) is 15.5 Å². The summed E-state index contributed by atoms with van der Waals surface area (Å²) in [7, 11) is 0. The Morgan fingerprint density at radius 1 is 1.16 bits per heavy atom. The number of rotatable bonds is 4. The summed E-state index contributed by atoms with van der Waals surface area (Å²) in [5.74, 6) is -0.189. The smallest absolute Gasteiger partial charge is 0.269 e. The van der Waals surface area contributed by atoms with E-state index in [1.807, 2.05) is 36.6 Å². The average Bonchev–Trinajstić information content (AvgIpc) is 2.45. The standard InChI is InChI=1S/C14H13ClN2OS/c1-19-13-8-11(15)7-12(9-13)16-17-14(18)10-5-3-2-4-6-10/h2-9,16H,1H3,(H,17,18). The van der Waals surface area contributed by atoms with E-state index in [0.29, 0.717) is 10.6 Å². The highest BCUT2D eigenvalue weighted by Crippen LogP contribution is 2.24. The number of amides is 1. The number of hydrogen-bond acceptors (Lipinski definition) is 3. The zero-order valence-electron chi connectivity index (χ0n) is 10.3. The quantitative estimate of drug-likeness (QED) is 0.665. The van der Waals surface area contributed by atoms with Crippen LogP contribution in [-0.2, 0) is 0 Å². The minimum Gasteiger partial charge on any atom is -0.298 e. The zero-order chi connectivity index (χ0) is 13.7. The molecule has 2 rings (SSSR count). The van der Waals surface area contributed by atoms with Crippen LogP contribution in [0, 0.1) is 0 Å². The number of anilines is 1. The molecule has 3 nitrogen and oxygen atoms in total. The Kier molecular flexibility index (Phi) is 4.71. The molecule has 19 heavy (non-hydrogen) atoms. The van der Waals surface area contributed by atoms with Crippen molar-refractivity contribution in [1.29, 1.82) is 0 Å². The summed E-state index contributed by atoms with van der Waals surface area (Å²) in [6.45, 7) is 0. The number of carbonyl (C=O) groups is 1. The van der Waals surface area contributed by atoms with Gasteiger partial charge in [0.15, 0.2) is 0 Å². The van der Waals surface area contributed by atoms with E-state index in [9.17, 15) is 4.79 Å². The molecule has 2 aromatic rings. The molecule has 0 aliphatic heterocycles. The van der Waals surface area contributed by atoms with Gasteiger partial charge in [-0.15, -0.1) is 11.8 Å². The topological polar surface area (TPSA) is 41.1 Å². The van der Waals surface area contributed by atoms with Gasteiger partial charge in [-0.05, 0) is 36.6 Å². The third kappa shape index (κ3) is 3.91. The Bertz CT molecular complexity index is 575. The van der Waals surface area contributed by atoms with Crippen LogP contribution in [0.5, 0.6) is 0 Å². The van der Waals surface area contributed by atoms with Gasteiger partial charge in [0.05, 0.1) is 5.69 Å². The molecule has 1 amide bonds. The first-order valence-corrected chi connectivity index (χ1v) is 7.25. The van der Waals surface area contributed by atoms with Crippen LogP contribution in [0.4, 0.5) is 5.69 Å². The van der Waals surface area contributed by atoms with Crippen LogP contribution in [0.15, 0.2) is 53.4 Å². The molecule has 0 aliphatic rings. The zero-order valence-corrected chi connectivity index (χ0v) is 11.9. The first kappa shape index (κ1) is 13.8. The molecule has 0 heterocycles. The Morgan fingerprint density at radius 3 is 2.58 bits per heavy atom. The van der Waals surface area contributed by atoms with Crippen LogP contribution in [0.2, 0.25) is 5.02 Å². The van der Waals surface area contributed by atoms with E-state index in [1.165, 1.54) is 0 Å². The van der Waals surface area contributed by atoms with Gasteiger partial charge in [0.25, 0.3) is 5.91 Å². The monoisotopic (exact) mass is 292 g/mol. The third-order valence-corrected chi connectivity index (χ3v) is 3.39. The minimum atomic E-state index is -0.189. The Morgan fingerprint density at radius 2 is 1.89 bits per heavy atom. The number of hydrazine groups is 1. The third-order valence-electron chi connectivity index (χ3n) is 2.46. The SMILES string of the molecule is CSc1cc(Cl)cc(NNC(=O)c2ccccc2)c1. The fraction of sp³-hybridized carbons (Fsp3) is 0.0714. The number of hydrogen-bond donors (Lipinski definition) is 2. The highest BCUT2D eigenvalue weighted by Gasteiger charge is 2.04. The first-order valence-electron chi connectivity index (χ1n) is 5.65. The van der Waals surface area contributed by atoms with Crippen molar-refractivity contribution in [1.82, 2.24) is 5.43 Å². The molecular formula is C14H13ClN2OS. The first-order chi connectivity index (χ1) is 9.19. The minimum absolute atomic E-state index is 0.189. The van der Waals surface area contributed by atoms with Gasteiger partial charge in [0.2, 0.25) is 0 Å². The summed E-state index contributed by atoms with van der Waals surface area (Å²) >= 11 is 7.59. The van der Waals surface area contributed by atoms with E-state index >= 15 is 0 Å². The fourth-order valence-electron chi connectivity index (χ4n) is 1.54. The molecule has 0 saturated heterocycles. The van der Waals surface area contributed by atoms with Gasteiger partial charge in [-0.1, -0.05) is 29.8 Å². The van der Waals surface area contributed by atoms with Gasteiger partial charge >= 0.3 is 0 Å². The van der Waals surface area contributed by atoms with Crippen LogP contribution < -0.4 is 10.9 Å².